The first-order valence-corrected chi connectivity index (χ1v) is 18.9. The molecule has 0 saturated heterocycles. The number of hydrogen-bond donors (Lipinski definition) is 3. The highest BCUT2D eigenvalue weighted by Crippen LogP contribution is 2.41. The van der Waals surface area contributed by atoms with Crippen molar-refractivity contribution in [3.8, 4) is 0 Å². The number of allylic oxidation sites excluding steroid dienone is 4. The largest absolute Gasteiger partial charge is 0.505 e. The van der Waals surface area contributed by atoms with Gasteiger partial charge < -0.3 is 34.6 Å². The standard InChI is InChI=1S/C19H24N4O.C14H19ClN4O.C4H6BNO2/c1-3-15-19(24)22(2)16-12-20-17(13-8-4-5-9-13)21-18(16)23(15)14-10-6-7-11-14;1-3-10-13(20)18(2)11-8-16-14(15)17-12(11)19(10)9-6-4-5-7-9;7-5(8)4-2-1-3-6-4/h4-5,8,12,14-15H,3,6-7,9-11H2,1-2H3;8-10H,3-7H2,1-2H3;1-3,6-8H/t15-;10-;/m11./s1. The van der Waals surface area contributed by atoms with Gasteiger partial charge in [0.2, 0.25) is 17.1 Å². The molecule has 13 nitrogen and oxygen atoms in total. The zero-order valence-electron chi connectivity index (χ0n) is 30.5. The van der Waals surface area contributed by atoms with Gasteiger partial charge in [-0.05, 0) is 68.7 Å². The molecular formula is C37H49BClN9O4. The third-order valence-corrected chi connectivity index (χ3v) is 10.9. The number of amides is 2. The summed E-state index contributed by atoms with van der Waals surface area (Å²) in [5.41, 5.74) is 3.17. The number of aromatic nitrogens is 5. The van der Waals surface area contributed by atoms with Crippen LogP contribution in [-0.2, 0) is 9.59 Å². The fourth-order valence-electron chi connectivity index (χ4n) is 8.02. The van der Waals surface area contributed by atoms with Crippen molar-refractivity contribution in [1.82, 2.24) is 24.9 Å². The van der Waals surface area contributed by atoms with Crippen LogP contribution in [0.2, 0.25) is 5.28 Å². The Morgan fingerprint density at radius 2 is 1.38 bits per heavy atom. The number of halogens is 1. The molecule has 3 aliphatic carbocycles. The normalized spacial score (nSPS) is 21.4. The van der Waals surface area contributed by atoms with Gasteiger partial charge in [0.1, 0.15) is 23.5 Å². The highest BCUT2D eigenvalue weighted by molar-refractivity contribution is 6.57. The Hall–Kier alpha value is -4.27. The van der Waals surface area contributed by atoms with E-state index in [1.165, 1.54) is 25.7 Å². The van der Waals surface area contributed by atoms with Crippen LogP contribution in [0, 0.1) is 0 Å². The third kappa shape index (κ3) is 7.60. The van der Waals surface area contributed by atoms with Crippen molar-refractivity contribution < 1.29 is 19.6 Å². The van der Waals surface area contributed by atoms with E-state index in [0.29, 0.717) is 17.7 Å². The molecule has 8 rings (SSSR count). The Morgan fingerprint density at radius 1 is 0.846 bits per heavy atom. The van der Waals surface area contributed by atoms with Crippen molar-refractivity contribution in [2.75, 3.05) is 33.7 Å². The minimum atomic E-state index is -1.37. The van der Waals surface area contributed by atoms with E-state index in [-0.39, 0.29) is 29.2 Å². The van der Waals surface area contributed by atoms with E-state index in [1.807, 2.05) is 20.2 Å². The minimum Gasteiger partial charge on any atom is -0.422 e. The summed E-state index contributed by atoms with van der Waals surface area (Å²) in [6, 6.07) is 3.87. The van der Waals surface area contributed by atoms with Gasteiger partial charge in [-0.25, -0.2) is 15.0 Å². The SMILES string of the molecule is CC[C@@H]1C(=O)N(C)c2cnc(C3=CC=CC3)nc2N1C1CCCC1.CC[C@@H]1C(=O)N(C)c2cnc(Cl)nc2N1C1CCCC1.OB(O)c1ccc[nH]1. The van der Waals surface area contributed by atoms with Crippen LogP contribution in [0.1, 0.15) is 90.3 Å². The minimum absolute atomic E-state index is 0.107. The van der Waals surface area contributed by atoms with Crippen molar-refractivity contribution in [2.24, 2.45) is 0 Å². The number of H-pyrrole nitrogens is 1. The third-order valence-electron chi connectivity index (χ3n) is 10.8. The van der Waals surface area contributed by atoms with E-state index in [1.54, 1.807) is 41.4 Å². The number of fused-ring (bicyclic) bond motifs is 2. The number of rotatable bonds is 6. The van der Waals surface area contributed by atoms with E-state index in [4.69, 9.17) is 26.6 Å². The van der Waals surface area contributed by atoms with Crippen molar-refractivity contribution in [3.05, 3.63) is 60.1 Å². The first kappa shape index (κ1) is 37.5. The Kier molecular flexibility index (Phi) is 12.0. The number of aromatic amines is 1. The zero-order chi connectivity index (χ0) is 36.9. The Balaban J connectivity index is 0.000000149. The van der Waals surface area contributed by atoms with Gasteiger partial charge in [-0.3, -0.25) is 9.59 Å². The Bertz CT molecular complexity index is 1780. The number of likely N-dealkylation sites (N-methyl/N-ethyl adjacent to an activating group) is 2. The molecule has 0 bridgehead atoms. The van der Waals surface area contributed by atoms with E-state index >= 15 is 0 Å². The van der Waals surface area contributed by atoms with Crippen LogP contribution < -0.4 is 25.2 Å². The lowest BCUT2D eigenvalue weighted by Gasteiger charge is -2.43. The van der Waals surface area contributed by atoms with E-state index in [2.05, 4.69) is 54.9 Å². The van der Waals surface area contributed by atoms with Crippen LogP contribution in [0.4, 0.5) is 23.0 Å². The number of hydrogen-bond acceptors (Lipinski definition) is 10. The van der Waals surface area contributed by atoms with E-state index in [9.17, 15) is 9.59 Å². The number of nitrogens with zero attached hydrogens (tertiary/aromatic N) is 8. The summed E-state index contributed by atoms with van der Waals surface area (Å²) in [7, 11) is 2.26. The second-order valence-electron chi connectivity index (χ2n) is 13.9. The predicted octanol–water partition coefficient (Wildman–Crippen LogP) is 4.65. The summed E-state index contributed by atoms with van der Waals surface area (Å²) < 4.78 is 0. The van der Waals surface area contributed by atoms with Gasteiger partial charge in [-0.1, -0.05) is 57.8 Å². The smallest absolute Gasteiger partial charge is 0.422 e. The monoisotopic (exact) mass is 729 g/mol. The molecule has 2 amide bonds. The molecule has 0 radical (unpaired) electrons. The molecule has 3 aromatic heterocycles. The molecule has 0 unspecified atom stereocenters. The molecule has 5 heterocycles. The van der Waals surface area contributed by atoms with E-state index in [0.717, 1.165) is 79.4 Å². The lowest BCUT2D eigenvalue weighted by Crippen LogP contribution is -2.55. The maximum absolute atomic E-state index is 12.8. The topological polar surface area (TPSA) is 155 Å². The molecule has 276 valence electrons. The van der Waals surface area contributed by atoms with Crippen LogP contribution in [0.5, 0.6) is 0 Å². The number of carbonyl (C=O) groups is 2. The van der Waals surface area contributed by atoms with Crippen molar-refractivity contribution in [3.63, 3.8) is 0 Å². The number of carbonyl (C=O) groups excluding carboxylic acids is 2. The van der Waals surface area contributed by atoms with Gasteiger partial charge in [0.15, 0.2) is 17.5 Å². The molecule has 2 atom stereocenters. The fourth-order valence-corrected chi connectivity index (χ4v) is 8.15. The average molecular weight is 730 g/mol. The van der Waals surface area contributed by atoms with Gasteiger partial charge in [0, 0.05) is 43.5 Å². The van der Waals surface area contributed by atoms with Crippen LogP contribution in [0.15, 0.2) is 49.0 Å². The van der Waals surface area contributed by atoms with Gasteiger partial charge in [0.05, 0.1) is 12.4 Å². The molecule has 3 N–H and O–H groups in total. The summed E-state index contributed by atoms with van der Waals surface area (Å²) in [5.74, 6) is 2.83. The fraction of sp³-hybridized carbons (Fsp3) is 0.514. The summed E-state index contributed by atoms with van der Waals surface area (Å²) in [4.78, 5) is 53.8. The summed E-state index contributed by atoms with van der Waals surface area (Å²) in [6.45, 7) is 4.14. The van der Waals surface area contributed by atoms with Gasteiger partial charge in [0.25, 0.3) is 0 Å². The lowest BCUT2D eigenvalue weighted by atomic mass is 9.87. The highest BCUT2D eigenvalue weighted by Gasteiger charge is 2.42. The predicted molar refractivity (Wildman–Crippen MR) is 206 cm³/mol. The van der Waals surface area contributed by atoms with E-state index < -0.39 is 7.12 Å². The van der Waals surface area contributed by atoms with Gasteiger partial charge >= 0.3 is 7.12 Å². The highest BCUT2D eigenvalue weighted by atomic mass is 35.5. The first-order valence-electron chi connectivity index (χ1n) is 18.5. The molecule has 15 heteroatoms. The second kappa shape index (κ2) is 16.6. The molecule has 2 fully saturated rings. The summed E-state index contributed by atoms with van der Waals surface area (Å²) in [6.07, 6.45) is 23.3. The lowest BCUT2D eigenvalue weighted by molar-refractivity contribution is -0.120. The molecule has 52 heavy (non-hydrogen) atoms. The van der Waals surface area contributed by atoms with Gasteiger partial charge in [-0.2, -0.15) is 4.98 Å². The zero-order valence-corrected chi connectivity index (χ0v) is 31.2. The van der Waals surface area contributed by atoms with Crippen molar-refractivity contribution in [2.45, 2.75) is 109 Å². The van der Waals surface area contributed by atoms with Crippen molar-refractivity contribution >= 4 is 64.7 Å². The summed E-state index contributed by atoms with van der Waals surface area (Å²) in [5, 5.41) is 17.1. The quantitative estimate of drug-likeness (QED) is 0.241. The average Bonchev–Trinajstić information content (AvgIpc) is 3.99. The van der Waals surface area contributed by atoms with Crippen LogP contribution in [0.3, 0.4) is 0 Å². The maximum Gasteiger partial charge on any atom is 0.505 e. The molecule has 2 saturated carbocycles. The first-order chi connectivity index (χ1) is 25.1. The molecule has 0 aromatic carbocycles. The second-order valence-corrected chi connectivity index (χ2v) is 14.2. The molecule has 3 aromatic rings. The molecular weight excluding hydrogens is 681 g/mol. The van der Waals surface area contributed by atoms with Crippen LogP contribution in [-0.4, -0.2) is 92.2 Å². The molecule has 2 aliphatic heterocycles. The van der Waals surface area contributed by atoms with Gasteiger partial charge in [-0.15, -0.1) is 0 Å². The maximum atomic E-state index is 12.8. The molecule has 5 aliphatic rings. The Labute approximate surface area is 311 Å². The Morgan fingerprint density at radius 3 is 1.83 bits per heavy atom. The number of anilines is 4. The summed E-state index contributed by atoms with van der Waals surface area (Å²) >= 11 is 5.97. The van der Waals surface area contributed by atoms with Crippen LogP contribution in [0.25, 0.3) is 5.57 Å². The van der Waals surface area contributed by atoms with Crippen molar-refractivity contribution in [1.29, 1.82) is 0 Å². The number of nitrogens with one attached hydrogen (secondary N) is 1. The van der Waals surface area contributed by atoms with Crippen LogP contribution >= 0.6 is 11.6 Å². The molecule has 0 spiro atoms.